The minimum absolute atomic E-state index is 0. The molecule has 4 N–H and O–H groups in total. The SMILES string of the molecule is Cn1c(=O)c2c(ncn2CC2OCCO2)n(C)c1=O.O.O. The van der Waals surface area contributed by atoms with Crippen LogP contribution in [-0.4, -0.2) is 49.1 Å². The molecular weight excluding hydrogens is 284 g/mol. The molecule has 1 aliphatic rings. The summed E-state index contributed by atoms with van der Waals surface area (Å²) in [4.78, 5) is 28.1. The van der Waals surface area contributed by atoms with Crippen molar-refractivity contribution in [2.75, 3.05) is 13.2 Å². The van der Waals surface area contributed by atoms with Crippen LogP contribution in [0.3, 0.4) is 0 Å². The van der Waals surface area contributed by atoms with Crippen molar-refractivity contribution in [1.82, 2.24) is 18.7 Å². The van der Waals surface area contributed by atoms with Crippen LogP contribution < -0.4 is 11.2 Å². The van der Waals surface area contributed by atoms with E-state index in [0.29, 0.717) is 30.9 Å². The van der Waals surface area contributed by atoms with Gasteiger partial charge in [0.25, 0.3) is 5.56 Å². The van der Waals surface area contributed by atoms with E-state index in [4.69, 9.17) is 9.47 Å². The second kappa shape index (κ2) is 6.18. The molecule has 0 aliphatic carbocycles. The molecular formula is C11H18N4O6. The van der Waals surface area contributed by atoms with Crippen molar-refractivity contribution in [3.63, 3.8) is 0 Å². The zero-order valence-electron chi connectivity index (χ0n) is 11.7. The number of fused-ring (bicyclic) bond motifs is 1. The smallest absolute Gasteiger partial charge is 0.332 e. The minimum atomic E-state index is -0.392. The van der Waals surface area contributed by atoms with Crippen molar-refractivity contribution in [2.24, 2.45) is 14.1 Å². The lowest BCUT2D eigenvalue weighted by Crippen LogP contribution is -2.37. The maximum absolute atomic E-state index is 12.2. The van der Waals surface area contributed by atoms with Crippen LogP contribution in [0.5, 0.6) is 0 Å². The maximum atomic E-state index is 12.2. The maximum Gasteiger partial charge on any atom is 0.332 e. The van der Waals surface area contributed by atoms with Crippen LogP contribution in [-0.2, 0) is 30.1 Å². The standard InChI is InChI=1S/C11H14N4O4.2H2O/c1-13-9-8(10(16)14(2)11(13)17)15(6-12-9)5-7-18-3-4-19-7;;/h6-7H,3-5H2,1-2H3;2*1H2. The van der Waals surface area contributed by atoms with Gasteiger partial charge in [-0.2, -0.15) is 0 Å². The fourth-order valence-electron chi connectivity index (χ4n) is 2.21. The summed E-state index contributed by atoms with van der Waals surface area (Å²) < 4.78 is 14.8. The van der Waals surface area contributed by atoms with Gasteiger partial charge in [-0.15, -0.1) is 0 Å². The van der Waals surface area contributed by atoms with Crippen LogP contribution in [0.1, 0.15) is 0 Å². The molecule has 0 atom stereocenters. The molecule has 3 heterocycles. The minimum Gasteiger partial charge on any atom is -0.412 e. The third-order valence-corrected chi connectivity index (χ3v) is 3.25. The van der Waals surface area contributed by atoms with Gasteiger partial charge in [0.05, 0.1) is 26.1 Å². The molecule has 0 bridgehead atoms. The molecule has 10 heteroatoms. The lowest BCUT2D eigenvalue weighted by molar-refractivity contribution is -0.0518. The lowest BCUT2D eigenvalue weighted by atomic mass is 10.5. The summed E-state index contributed by atoms with van der Waals surface area (Å²) in [5, 5.41) is 0. The average Bonchev–Trinajstić information content (AvgIpc) is 3.04. The Morgan fingerprint density at radius 2 is 1.81 bits per heavy atom. The van der Waals surface area contributed by atoms with Gasteiger partial charge in [-0.3, -0.25) is 13.9 Å². The Hall–Kier alpha value is -2.01. The highest BCUT2D eigenvalue weighted by Crippen LogP contribution is 2.11. The van der Waals surface area contributed by atoms with Crippen LogP contribution in [0.25, 0.3) is 11.2 Å². The molecule has 2 aromatic heterocycles. The van der Waals surface area contributed by atoms with E-state index in [2.05, 4.69) is 4.98 Å². The van der Waals surface area contributed by atoms with Crippen LogP contribution in [0, 0.1) is 0 Å². The van der Waals surface area contributed by atoms with E-state index >= 15 is 0 Å². The first-order valence-corrected chi connectivity index (χ1v) is 5.93. The number of aryl methyl sites for hydroxylation is 1. The number of hydrogen-bond acceptors (Lipinski definition) is 5. The molecule has 3 rings (SSSR count). The normalized spacial score (nSPS) is 15.0. The largest absolute Gasteiger partial charge is 0.412 e. The van der Waals surface area contributed by atoms with Gasteiger partial charge >= 0.3 is 5.69 Å². The van der Waals surface area contributed by atoms with Crippen LogP contribution in [0.15, 0.2) is 15.9 Å². The molecule has 0 aromatic carbocycles. The Morgan fingerprint density at radius 3 is 2.43 bits per heavy atom. The van der Waals surface area contributed by atoms with E-state index < -0.39 is 5.69 Å². The fourth-order valence-corrected chi connectivity index (χ4v) is 2.21. The first-order valence-electron chi connectivity index (χ1n) is 5.93. The predicted molar refractivity (Wildman–Crippen MR) is 73.1 cm³/mol. The molecule has 1 saturated heterocycles. The van der Waals surface area contributed by atoms with E-state index in [0.717, 1.165) is 4.57 Å². The predicted octanol–water partition coefficient (Wildman–Crippen LogP) is -2.84. The second-order valence-corrected chi connectivity index (χ2v) is 4.45. The highest BCUT2D eigenvalue weighted by atomic mass is 16.7. The van der Waals surface area contributed by atoms with Crippen molar-refractivity contribution in [2.45, 2.75) is 12.8 Å². The van der Waals surface area contributed by atoms with E-state index in [1.807, 2.05) is 0 Å². The third kappa shape index (κ3) is 2.61. The number of hydrogen-bond donors (Lipinski definition) is 0. The van der Waals surface area contributed by atoms with Gasteiger partial charge in [-0.25, -0.2) is 9.78 Å². The zero-order valence-corrected chi connectivity index (χ0v) is 11.7. The van der Waals surface area contributed by atoms with E-state index in [9.17, 15) is 9.59 Å². The molecule has 0 amide bonds. The van der Waals surface area contributed by atoms with Crippen molar-refractivity contribution in [1.29, 1.82) is 0 Å². The van der Waals surface area contributed by atoms with Gasteiger partial charge in [-0.05, 0) is 0 Å². The molecule has 1 fully saturated rings. The van der Waals surface area contributed by atoms with Gasteiger partial charge in [0.15, 0.2) is 17.5 Å². The summed E-state index contributed by atoms with van der Waals surface area (Å²) in [7, 11) is 3.04. The Bertz CT molecular complexity index is 739. The number of aromatic nitrogens is 4. The summed E-state index contributed by atoms with van der Waals surface area (Å²) in [6, 6.07) is 0. The molecule has 10 nitrogen and oxygen atoms in total. The van der Waals surface area contributed by atoms with Gasteiger partial charge in [-0.1, -0.05) is 0 Å². The van der Waals surface area contributed by atoms with Gasteiger partial charge < -0.3 is 25.0 Å². The molecule has 21 heavy (non-hydrogen) atoms. The summed E-state index contributed by atoms with van der Waals surface area (Å²) in [5.74, 6) is 0. The topological polar surface area (TPSA) is 143 Å². The Balaban J connectivity index is 0.00000110. The first-order chi connectivity index (χ1) is 9.09. The lowest BCUT2D eigenvalue weighted by Gasteiger charge is -2.10. The summed E-state index contributed by atoms with van der Waals surface area (Å²) in [5.41, 5.74) is -0.0143. The number of ether oxygens (including phenoxy) is 2. The molecule has 0 saturated carbocycles. The van der Waals surface area contributed by atoms with Crippen molar-refractivity contribution < 1.29 is 20.4 Å². The highest BCUT2D eigenvalue weighted by molar-refractivity contribution is 5.69. The van der Waals surface area contributed by atoms with Crippen LogP contribution in [0.4, 0.5) is 0 Å². The number of nitrogens with zero attached hydrogens (tertiary/aromatic N) is 4. The summed E-state index contributed by atoms with van der Waals surface area (Å²) in [6.45, 7) is 1.48. The third-order valence-electron chi connectivity index (χ3n) is 3.25. The number of rotatable bonds is 2. The molecule has 1 aliphatic heterocycles. The second-order valence-electron chi connectivity index (χ2n) is 4.45. The average molecular weight is 302 g/mol. The molecule has 0 spiro atoms. The van der Waals surface area contributed by atoms with Gasteiger partial charge in [0.2, 0.25) is 0 Å². The zero-order chi connectivity index (χ0) is 13.6. The van der Waals surface area contributed by atoms with Crippen LogP contribution >= 0.6 is 0 Å². The van der Waals surface area contributed by atoms with Gasteiger partial charge in [0, 0.05) is 14.1 Å². The van der Waals surface area contributed by atoms with Gasteiger partial charge in [0.1, 0.15) is 0 Å². The van der Waals surface area contributed by atoms with E-state index in [1.54, 1.807) is 11.6 Å². The molecule has 0 unspecified atom stereocenters. The highest BCUT2D eigenvalue weighted by Gasteiger charge is 2.20. The summed E-state index contributed by atoms with van der Waals surface area (Å²) in [6.07, 6.45) is 1.15. The first kappa shape index (κ1) is 17.0. The van der Waals surface area contributed by atoms with Crippen molar-refractivity contribution in [3.8, 4) is 0 Å². The van der Waals surface area contributed by atoms with E-state index in [-0.39, 0.29) is 22.8 Å². The van der Waals surface area contributed by atoms with Crippen molar-refractivity contribution in [3.05, 3.63) is 27.2 Å². The number of imidazole rings is 1. The van der Waals surface area contributed by atoms with Crippen molar-refractivity contribution >= 4 is 11.2 Å². The Kier molecular flexibility index (Phi) is 5.01. The Labute approximate surface area is 118 Å². The van der Waals surface area contributed by atoms with E-state index in [1.165, 1.54) is 17.9 Å². The van der Waals surface area contributed by atoms with Crippen LogP contribution in [0.2, 0.25) is 0 Å². The molecule has 2 aromatic rings. The quantitative estimate of drug-likeness (QED) is 0.586. The molecule has 0 radical (unpaired) electrons. The molecule has 118 valence electrons. The summed E-state index contributed by atoms with van der Waals surface area (Å²) >= 11 is 0. The Morgan fingerprint density at radius 1 is 1.19 bits per heavy atom. The monoisotopic (exact) mass is 302 g/mol. The fraction of sp³-hybridized carbons (Fsp3) is 0.545.